The molecule has 0 saturated heterocycles. The molecule has 2 rings (SSSR count). The Balaban J connectivity index is 1.76. The quantitative estimate of drug-likeness (QED) is 0.823. The number of amides is 1. The maximum Gasteiger partial charge on any atom is 0.264 e. The Morgan fingerprint density at radius 1 is 1.38 bits per heavy atom. The summed E-state index contributed by atoms with van der Waals surface area (Å²) in [6, 6.07) is 0. The van der Waals surface area contributed by atoms with Gasteiger partial charge in [0.15, 0.2) is 0 Å². The molecule has 4 nitrogen and oxygen atoms in total. The SMILES string of the molecule is O=C(NCC1CCCCCC1)c1cnns1. The standard InChI is InChI=1S/C11H17N3OS/c15-11(10-8-13-14-16-10)12-7-9-5-3-1-2-4-6-9/h8-9H,1-7H2,(H,12,15). The van der Waals surface area contributed by atoms with Gasteiger partial charge in [-0.15, -0.1) is 5.10 Å². The Morgan fingerprint density at radius 2 is 2.12 bits per heavy atom. The fraction of sp³-hybridized carbons (Fsp3) is 0.727. The van der Waals surface area contributed by atoms with Crippen LogP contribution in [0, 0.1) is 5.92 Å². The first-order valence-corrected chi connectivity index (χ1v) is 6.69. The summed E-state index contributed by atoms with van der Waals surface area (Å²) in [5, 5.41) is 6.63. The van der Waals surface area contributed by atoms with Crippen molar-refractivity contribution in [3.63, 3.8) is 0 Å². The molecule has 0 atom stereocenters. The van der Waals surface area contributed by atoms with Gasteiger partial charge in [-0.25, -0.2) is 0 Å². The van der Waals surface area contributed by atoms with Crippen molar-refractivity contribution in [1.29, 1.82) is 0 Å². The highest BCUT2D eigenvalue weighted by atomic mass is 32.1. The maximum atomic E-state index is 11.7. The Bertz CT molecular complexity index is 318. The van der Waals surface area contributed by atoms with Gasteiger partial charge in [-0.05, 0) is 30.3 Å². The molecule has 88 valence electrons. The molecule has 1 amide bonds. The fourth-order valence-electron chi connectivity index (χ4n) is 2.16. The molecule has 1 saturated carbocycles. The van der Waals surface area contributed by atoms with Crippen LogP contribution in [-0.4, -0.2) is 22.0 Å². The third-order valence-corrected chi connectivity index (χ3v) is 3.77. The van der Waals surface area contributed by atoms with E-state index >= 15 is 0 Å². The van der Waals surface area contributed by atoms with Crippen molar-refractivity contribution in [2.75, 3.05) is 6.54 Å². The molecule has 0 radical (unpaired) electrons. The lowest BCUT2D eigenvalue weighted by Gasteiger charge is -2.13. The van der Waals surface area contributed by atoms with Gasteiger partial charge in [0.05, 0.1) is 6.20 Å². The van der Waals surface area contributed by atoms with E-state index in [0.29, 0.717) is 10.8 Å². The van der Waals surface area contributed by atoms with Crippen LogP contribution in [0.3, 0.4) is 0 Å². The number of hydrogen-bond donors (Lipinski definition) is 1. The number of nitrogens with one attached hydrogen (secondary N) is 1. The normalized spacial score (nSPS) is 18.0. The van der Waals surface area contributed by atoms with Crippen molar-refractivity contribution in [2.24, 2.45) is 5.92 Å². The van der Waals surface area contributed by atoms with Crippen LogP contribution in [0.1, 0.15) is 48.2 Å². The van der Waals surface area contributed by atoms with Gasteiger partial charge in [0.2, 0.25) is 0 Å². The molecule has 1 aromatic heterocycles. The van der Waals surface area contributed by atoms with Crippen molar-refractivity contribution in [2.45, 2.75) is 38.5 Å². The zero-order chi connectivity index (χ0) is 11.2. The first-order chi connectivity index (χ1) is 7.86. The zero-order valence-electron chi connectivity index (χ0n) is 9.32. The molecule has 5 heteroatoms. The van der Waals surface area contributed by atoms with Crippen LogP contribution in [-0.2, 0) is 0 Å². The van der Waals surface area contributed by atoms with Gasteiger partial charge in [-0.1, -0.05) is 30.2 Å². The minimum absolute atomic E-state index is 0.0285. The van der Waals surface area contributed by atoms with E-state index in [4.69, 9.17) is 0 Å². The number of aromatic nitrogens is 2. The van der Waals surface area contributed by atoms with Crippen LogP contribution in [0.4, 0.5) is 0 Å². The third kappa shape index (κ3) is 3.27. The molecule has 0 aromatic carbocycles. The van der Waals surface area contributed by atoms with Gasteiger partial charge >= 0.3 is 0 Å². The molecule has 1 N–H and O–H groups in total. The van der Waals surface area contributed by atoms with Crippen molar-refractivity contribution in [3.05, 3.63) is 11.1 Å². The Morgan fingerprint density at radius 3 is 2.75 bits per heavy atom. The van der Waals surface area contributed by atoms with Gasteiger partial charge in [-0.2, -0.15) is 0 Å². The minimum Gasteiger partial charge on any atom is -0.351 e. The summed E-state index contributed by atoms with van der Waals surface area (Å²) in [5.41, 5.74) is 0. The molecular formula is C11H17N3OS. The second kappa shape index (κ2) is 5.94. The molecular weight excluding hydrogens is 222 g/mol. The van der Waals surface area contributed by atoms with E-state index in [0.717, 1.165) is 18.1 Å². The second-order valence-corrected chi connectivity index (χ2v) is 5.14. The molecule has 1 fully saturated rings. The van der Waals surface area contributed by atoms with Crippen molar-refractivity contribution in [1.82, 2.24) is 14.9 Å². The molecule has 0 bridgehead atoms. The van der Waals surface area contributed by atoms with Crippen LogP contribution in [0.15, 0.2) is 6.20 Å². The van der Waals surface area contributed by atoms with E-state index in [9.17, 15) is 4.79 Å². The van der Waals surface area contributed by atoms with Crippen molar-refractivity contribution < 1.29 is 4.79 Å². The summed E-state index contributed by atoms with van der Waals surface area (Å²) in [7, 11) is 0. The topological polar surface area (TPSA) is 54.9 Å². The first kappa shape index (κ1) is 11.5. The van der Waals surface area contributed by atoms with E-state index in [-0.39, 0.29) is 5.91 Å². The predicted molar refractivity (Wildman–Crippen MR) is 63.4 cm³/mol. The monoisotopic (exact) mass is 239 g/mol. The molecule has 0 spiro atoms. The summed E-state index contributed by atoms with van der Waals surface area (Å²) in [5.74, 6) is 0.631. The van der Waals surface area contributed by atoms with Crippen LogP contribution < -0.4 is 5.32 Å². The van der Waals surface area contributed by atoms with Crippen LogP contribution in [0.2, 0.25) is 0 Å². The Hall–Kier alpha value is -0.970. The van der Waals surface area contributed by atoms with Crippen molar-refractivity contribution >= 4 is 17.4 Å². The van der Waals surface area contributed by atoms with Gasteiger partial charge in [-0.3, -0.25) is 4.79 Å². The smallest absolute Gasteiger partial charge is 0.264 e. The highest BCUT2D eigenvalue weighted by Crippen LogP contribution is 2.22. The minimum atomic E-state index is -0.0285. The lowest BCUT2D eigenvalue weighted by Crippen LogP contribution is -2.28. The lowest BCUT2D eigenvalue weighted by molar-refractivity contribution is 0.0949. The molecule has 1 aliphatic rings. The largest absolute Gasteiger partial charge is 0.351 e. The van der Waals surface area contributed by atoms with Crippen LogP contribution >= 0.6 is 11.5 Å². The van der Waals surface area contributed by atoms with Gasteiger partial charge in [0.25, 0.3) is 5.91 Å². The molecule has 0 unspecified atom stereocenters. The lowest BCUT2D eigenvalue weighted by atomic mass is 10.0. The number of rotatable bonds is 3. The Kier molecular flexibility index (Phi) is 4.27. The average Bonchev–Trinajstić information content (AvgIpc) is 2.71. The van der Waals surface area contributed by atoms with Gasteiger partial charge < -0.3 is 5.32 Å². The van der Waals surface area contributed by atoms with Gasteiger partial charge in [0, 0.05) is 6.54 Å². The van der Waals surface area contributed by atoms with E-state index in [2.05, 4.69) is 14.9 Å². The third-order valence-electron chi connectivity index (χ3n) is 3.11. The summed E-state index contributed by atoms with van der Waals surface area (Å²) in [6.45, 7) is 0.802. The molecule has 1 aromatic rings. The Labute approximate surface area is 99.6 Å². The molecule has 1 aliphatic carbocycles. The number of nitrogens with zero attached hydrogens (tertiary/aromatic N) is 2. The molecule has 0 aliphatic heterocycles. The highest BCUT2D eigenvalue weighted by molar-refractivity contribution is 7.07. The van der Waals surface area contributed by atoms with E-state index < -0.39 is 0 Å². The summed E-state index contributed by atoms with van der Waals surface area (Å²) in [6.07, 6.45) is 9.34. The van der Waals surface area contributed by atoms with E-state index in [1.54, 1.807) is 0 Å². The summed E-state index contributed by atoms with van der Waals surface area (Å²) < 4.78 is 3.68. The fourth-order valence-corrected chi connectivity index (χ4v) is 2.59. The van der Waals surface area contributed by atoms with Gasteiger partial charge in [0.1, 0.15) is 4.88 Å². The predicted octanol–water partition coefficient (Wildman–Crippen LogP) is 2.24. The summed E-state index contributed by atoms with van der Waals surface area (Å²) in [4.78, 5) is 12.3. The van der Waals surface area contributed by atoms with Crippen LogP contribution in [0.25, 0.3) is 0 Å². The maximum absolute atomic E-state index is 11.7. The second-order valence-electron chi connectivity index (χ2n) is 4.35. The highest BCUT2D eigenvalue weighted by Gasteiger charge is 2.14. The molecule has 1 heterocycles. The summed E-state index contributed by atoms with van der Waals surface area (Å²) >= 11 is 1.15. The first-order valence-electron chi connectivity index (χ1n) is 5.92. The molecule has 16 heavy (non-hydrogen) atoms. The zero-order valence-corrected chi connectivity index (χ0v) is 10.1. The number of carbonyl (C=O) groups excluding carboxylic acids is 1. The number of carbonyl (C=O) groups is 1. The van der Waals surface area contributed by atoms with Crippen LogP contribution in [0.5, 0.6) is 0 Å². The number of hydrogen-bond acceptors (Lipinski definition) is 4. The van der Waals surface area contributed by atoms with Crippen molar-refractivity contribution in [3.8, 4) is 0 Å². The average molecular weight is 239 g/mol. The van der Waals surface area contributed by atoms with E-state index in [1.807, 2.05) is 0 Å². The van der Waals surface area contributed by atoms with E-state index in [1.165, 1.54) is 44.7 Å².